The summed E-state index contributed by atoms with van der Waals surface area (Å²) >= 11 is 0. The Balaban J connectivity index is 1.80. The zero-order valence-corrected chi connectivity index (χ0v) is 16.6. The summed E-state index contributed by atoms with van der Waals surface area (Å²) < 4.78 is 6.22. The van der Waals surface area contributed by atoms with Crippen LogP contribution in [0.4, 0.5) is 11.6 Å². The fourth-order valence-corrected chi connectivity index (χ4v) is 3.94. The first-order valence-electron chi connectivity index (χ1n) is 9.86. The number of nitrogens with zero attached hydrogens (tertiary/aromatic N) is 1. The number of anilines is 2. The molecule has 1 aliphatic rings. The average Bonchev–Trinajstić information content (AvgIpc) is 3.23. The van der Waals surface area contributed by atoms with E-state index in [-0.39, 0.29) is 17.0 Å². The molecule has 29 heavy (non-hydrogen) atoms. The first kappa shape index (κ1) is 19.1. The highest BCUT2D eigenvalue weighted by Crippen LogP contribution is 2.31. The van der Waals surface area contributed by atoms with Gasteiger partial charge in [-0.2, -0.15) is 0 Å². The highest BCUT2D eigenvalue weighted by Gasteiger charge is 2.20. The van der Waals surface area contributed by atoms with Crippen LogP contribution in [0.2, 0.25) is 0 Å². The topological polar surface area (TPSA) is 82.8 Å². The van der Waals surface area contributed by atoms with Crippen LogP contribution in [0.15, 0.2) is 51.7 Å². The normalized spacial score (nSPS) is 14.9. The number of carbonyl (C=O) groups is 1. The first-order chi connectivity index (χ1) is 13.9. The van der Waals surface area contributed by atoms with Gasteiger partial charge >= 0.3 is 5.97 Å². The molecule has 2 aromatic carbocycles. The van der Waals surface area contributed by atoms with Crippen LogP contribution < -0.4 is 15.6 Å². The molecular formula is C23H24N2O4. The molecule has 0 saturated carbocycles. The van der Waals surface area contributed by atoms with E-state index in [0.29, 0.717) is 22.5 Å². The molecule has 2 N–H and O–H groups in total. The molecule has 1 saturated heterocycles. The Labute approximate surface area is 168 Å². The molecule has 150 valence electrons. The van der Waals surface area contributed by atoms with Crippen LogP contribution in [0, 0.1) is 6.92 Å². The van der Waals surface area contributed by atoms with Crippen LogP contribution in [0.3, 0.4) is 0 Å². The lowest BCUT2D eigenvalue weighted by Crippen LogP contribution is -2.20. The number of carboxylic acid groups (broad SMARTS) is 1. The van der Waals surface area contributed by atoms with Gasteiger partial charge in [-0.15, -0.1) is 0 Å². The maximum absolute atomic E-state index is 12.8. The van der Waals surface area contributed by atoms with Gasteiger partial charge in [-0.05, 0) is 50.5 Å². The minimum absolute atomic E-state index is 0.0590. The number of hydrogen-bond acceptors (Lipinski definition) is 5. The van der Waals surface area contributed by atoms with Crippen molar-refractivity contribution in [3.8, 4) is 0 Å². The summed E-state index contributed by atoms with van der Waals surface area (Å²) in [4.78, 5) is 26.4. The maximum atomic E-state index is 12.8. The summed E-state index contributed by atoms with van der Waals surface area (Å²) in [7, 11) is 0. The number of carboxylic acids is 1. The first-order valence-corrected chi connectivity index (χ1v) is 9.86. The Hall–Kier alpha value is -3.28. The number of fused-ring (bicyclic) bond motifs is 1. The van der Waals surface area contributed by atoms with E-state index >= 15 is 0 Å². The third kappa shape index (κ3) is 3.70. The Morgan fingerprint density at radius 2 is 1.90 bits per heavy atom. The summed E-state index contributed by atoms with van der Waals surface area (Å²) in [6, 6.07) is 12.0. The van der Waals surface area contributed by atoms with Crippen molar-refractivity contribution in [3.05, 3.63) is 69.4 Å². The molecule has 0 amide bonds. The van der Waals surface area contributed by atoms with E-state index in [0.717, 1.165) is 37.1 Å². The maximum Gasteiger partial charge on any atom is 0.337 e. The van der Waals surface area contributed by atoms with Crippen molar-refractivity contribution in [2.75, 3.05) is 23.3 Å². The molecule has 1 atom stereocenters. The monoisotopic (exact) mass is 392 g/mol. The number of benzene rings is 2. The molecule has 1 unspecified atom stereocenters. The number of rotatable bonds is 5. The molecule has 0 aliphatic carbocycles. The second-order valence-corrected chi connectivity index (χ2v) is 7.59. The van der Waals surface area contributed by atoms with Crippen LogP contribution >= 0.6 is 0 Å². The van der Waals surface area contributed by atoms with Crippen LogP contribution in [0.5, 0.6) is 0 Å². The minimum Gasteiger partial charge on any atom is -0.478 e. The number of nitrogens with one attached hydrogen (secondary N) is 1. The van der Waals surface area contributed by atoms with Gasteiger partial charge in [-0.25, -0.2) is 4.79 Å². The van der Waals surface area contributed by atoms with Crippen LogP contribution in [0.25, 0.3) is 11.0 Å². The lowest BCUT2D eigenvalue weighted by atomic mass is 10.0. The molecule has 4 rings (SSSR count). The van der Waals surface area contributed by atoms with E-state index in [4.69, 9.17) is 4.42 Å². The second kappa shape index (κ2) is 7.62. The van der Waals surface area contributed by atoms with E-state index in [2.05, 4.69) is 10.2 Å². The Bertz CT molecular complexity index is 1130. The lowest BCUT2D eigenvalue weighted by Gasteiger charge is -2.21. The summed E-state index contributed by atoms with van der Waals surface area (Å²) in [5.41, 5.74) is 3.01. The molecule has 6 nitrogen and oxygen atoms in total. The van der Waals surface area contributed by atoms with Crippen LogP contribution in [0.1, 0.15) is 47.3 Å². The number of para-hydroxylation sites is 1. The average molecular weight is 392 g/mol. The minimum atomic E-state index is -0.989. The third-order valence-electron chi connectivity index (χ3n) is 5.40. The SMILES string of the molecule is Cc1cc(C(C)Nc2ccccc2C(=O)O)c2oc(N3CCCC3)cc(=O)c2c1. The standard InChI is InChI=1S/C23H24N2O4/c1-14-11-17(15(2)24-19-8-4-3-7-16(19)23(27)28)22-18(12-14)20(26)13-21(29-22)25-9-5-6-10-25/h3-4,7-8,11-13,15,24H,5-6,9-10H2,1-2H3,(H,27,28). The van der Waals surface area contributed by atoms with Crippen molar-refractivity contribution in [3.63, 3.8) is 0 Å². The zero-order chi connectivity index (χ0) is 20.5. The molecule has 1 aromatic heterocycles. The van der Waals surface area contributed by atoms with Gasteiger partial charge < -0.3 is 19.7 Å². The molecule has 0 bridgehead atoms. The molecule has 2 heterocycles. The van der Waals surface area contributed by atoms with E-state index in [1.807, 2.05) is 26.0 Å². The predicted octanol–water partition coefficient (Wildman–Crippen LogP) is 4.57. The molecule has 0 radical (unpaired) electrons. The van der Waals surface area contributed by atoms with Crippen LogP contribution in [-0.2, 0) is 0 Å². The Morgan fingerprint density at radius 1 is 1.17 bits per heavy atom. The third-order valence-corrected chi connectivity index (χ3v) is 5.40. The summed E-state index contributed by atoms with van der Waals surface area (Å²) in [6.07, 6.45) is 2.18. The Morgan fingerprint density at radius 3 is 2.62 bits per heavy atom. The Kier molecular flexibility index (Phi) is 5.01. The van der Waals surface area contributed by atoms with Gasteiger partial charge in [0, 0.05) is 30.4 Å². The van der Waals surface area contributed by atoms with Crippen LogP contribution in [-0.4, -0.2) is 24.2 Å². The number of hydrogen-bond donors (Lipinski definition) is 2. The highest BCUT2D eigenvalue weighted by molar-refractivity contribution is 5.94. The van der Waals surface area contributed by atoms with E-state index in [1.54, 1.807) is 30.3 Å². The molecule has 1 fully saturated rings. The largest absolute Gasteiger partial charge is 0.478 e. The smallest absolute Gasteiger partial charge is 0.337 e. The molecule has 3 aromatic rings. The van der Waals surface area contributed by atoms with Gasteiger partial charge in [0.25, 0.3) is 0 Å². The fourth-order valence-electron chi connectivity index (χ4n) is 3.94. The highest BCUT2D eigenvalue weighted by atomic mass is 16.4. The van der Waals surface area contributed by atoms with Crippen molar-refractivity contribution in [2.24, 2.45) is 0 Å². The fraction of sp³-hybridized carbons (Fsp3) is 0.304. The van der Waals surface area contributed by atoms with Crippen molar-refractivity contribution in [2.45, 2.75) is 32.7 Å². The van der Waals surface area contributed by atoms with E-state index < -0.39 is 5.97 Å². The van der Waals surface area contributed by atoms with Crippen molar-refractivity contribution in [1.29, 1.82) is 0 Å². The van der Waals surface area contributed by atoms with E-state index in [9.17, 15) is 14.7 Å². The number of aryl methyl sites for hydroxylation is 1. The number of aromatic carboxylic acids is 1. The summed E-state index contributed by atoms with van der Waals surface area (Å²) in [5.74, 6) is -0.388. The van der Waals surface area contributed by atoms with Gasteiger partial charge in [0.05, 0.1) is 17.0 Å². The van der Waals surface area contributed by atoms with Gasteiger partial charge in [0.1, 0.15) is 5.58 Å². The van der Waals surface area contributed by atoms with Gasteiger partial charge in [0.15, 0.2) is 11.3 Å². The van der Waals surface area contributed by atoms with Gasteiger partial charge in [0.2, 0.25) is 0 Å². The van der Waals surface area contributed by atoms with Crippen molar-refractivity contribution in [1.82, 2.24) is 0 Å². The molecule has 6 heteroatoms. The summed E-state index contributed by atoms with van der Waals surface area (Å²) in [6.45, 7) is 5.65. The summed E-state index contributed by atoms with van der Waals surface area (Å²) in [5, 5.41) is 13.3. The van der Waals surface area contributed by atoms with Gasteiger partial charge in [-0.3, -0.25) is 4.79 Å². The van der Waals surface area contributed by atoms with Crippen molar-refractivity contribution < 1.29 is 14.3 Å². The second-order valence-electron chi connectivity index (χ2n) is 7.59. The van der Waals surface area contributed by atoms with Gasteiger partial charge in [-0.1, -0.05) is 18.2 Å². The predicted molar refractivity (Wildman–Crippen MR) is 114 cm³/mol. The quantitative estimate of drug-likeness (QED) is 0.662. The molecule has 1 aliphatic heterocycles. The molecular weight excluding hydrogens is 368 g/mol. The lowest BCUT2D eigenvalue weighted by molar-refractivity contribution is 0.0698. The zero-order valence-electron chi connectivity index (χ0n) is 16.6. The van der Waals surface area contributed by atoms with Crippen molar-refractivity contribution >= 4 is 28.5 Å². The molecule has 0 spiro atoms. The van der Waals surface area contributed by atoms with E-state index in [1.165, 1.54) is 0 Å².